The molecule has 1 fully saturated rings. The fourth-order valence-corrected chi connectivity index (χ4v) is 5.22. The minimum absolute atomic E-state index is 0.113. The molecule has 1 saturated heterocycles. The molecule has 9 heteroatoms. The summed E-state index contributed by atoms with van der Waals surface area (Å²) >= 11 is 1.11. The number of nitrogens with two attached hydrogens (primary N) is 1. The number of nitrogens with zero attached hydrogens (tertiary/aromatic N) is 1. The van der Waals surface area contributed by atoms with Crippen molar-refractivity contribution in [3.05, 3.63) is 17.0 Å². The van der Waals surface area contributed by atoms with Crippen LogP contribution in [0, 0.1) is 0 Å². The van der Waals surface area contributed by atoms with Crippen molar-refractivity contribution < 1.29 is 18.0 Å². The average molecular weight is 331 g/mol. The molecule has 2 amide bonds. The van der Waals surface area contributed by atoms with Gasteiger partial charge in [0, 0.05) is 4.88 Å². The lowest BCUT2D eigenvalue weighted by molar-refractivity contribution is -0.141. The van der Waals surface area contributed by atoms with Crippen LogP contribution in [0.3, 0.4) is 0 Å². The van der Waals surface area contributed by atoms with Gasteiger partial charge in [0.15, 0.2) is 0 Å². The van der Waals surface area contributed by atoms with Crippen molar-refractivity contribution in [1.82, 2.24) is 9.62 Å². The van der Waals surface area contributed by atoms with Gasteiger partial charge in [0.25, 0.3) is 10.0 Å². The Balaban J connectivity index is 2.41. The first kappa shape index (κ1) is 16.1. The summed E-state index contributed by atoms with van der Waals surface area (Å²) in [4.78, 5) is 24.2. The fraction of sp³-hybridized carbons (Fsp3) is 0.500. The number of amides is 2. The number of carbonyl (C=O) groups excluding carboxylic acids is 2. The maximum atomic E-state index is 12.7. The second-order valence-corrected chi connectivity index (χ2v) is 8.46. The van der Waals surface area contributed by atoms with Crippen LogP contribution < -0.4 is 11.1 Å². The van der Waals surface area contributed by atoms with Crippen molar-refractivity contribution in [2.45, 2.75) is 30.0 Å². The van der Waals surface area contributed by atoms with E-state index in [1.807, 2.05) is 0 Å². The molecule has 0 unspecified atom stereocenters. The highest BCUT2D eigenvalue weighted by Crippen LogP contribution is 2.31. The lowest BCUT2D eigenvalue weighted by atomic mass is 10.0. The van der Waals surface area contributed by atoms with Gasteiger partial charge in [-0.2, -0.15) is 4.31 Å². The molecule has 1 aromatic rings. The molecular weight excluding hydrogens is 314 g/mol. The fourth-order valence-electron chi connectivity index (χ4n) is 2.03. The first-order valence-corrected chi connectivity index (χ1v) is 8.61. The second-order valence-electron chi connectivity index (χ2n) is 5.21. The van der Waals surface area contributed by atoms with E-state index in [1.165, 1.54) is 19.9 Å². The number of hydrogen-bond acceptors (Lipinski definition) is 6. The molecular formula is C12H17N3O4S2. The zero-order valence-corrected chi connectivity index (χ0v) is 13.4. The number of rotatable bonds is 4. The summed E-state index contributed by atoms with van der Waals surface area (Å²) < 4.78 is 26.4. The van der Waals surface area contributed by atoms with Crippen LogP contribution >= 0.6 is 11.3 Å². The Bertz CT molecular complexity index is 678. The van der Waals surface area contributed by atoms with Gasteiger partial charge in [-0.1, -0.05) is 0 Å². The lowest BCUT2D eigenvalue weighted by Crippen LogP contribution is -2.65. The van der Waals surface area contributed by atoms with Crippen LogP contribution in [-0.4, -0.2) is 43.2 Å². The van der Waals surface area contributed by atoms with Crippen LogP contribution in [0.4, 0.5) is 0 Å². The highest BCUT2D eigenvalue weighted by molar-refractivity contribution is 7.91. The number of thiophene rings is 1. The van der Waals surface area contributed by atoms with E-state index in [1.54, 1.807) is 6.07 Å². The van der Waals surface area contributed by atoms with Crippen molar-refractivity contribution in [3.8, 4) is 0 Å². The molecule has 0 radical (unpaired) electrons. The summed E-state index contributed by atoms with van der Waals surface area (Å²) in [5, 5.41) is 2.15. The summed E-state index contributed by atoms with van der Waals surface area (Å²) in [5.41, 5.74) is 4.14. The molecule has 21 heavy (non-hydrogen) atoms. The van der Waals surface area contributed by atoms with Crippen molar-refractivity contribution in [1.29, 1.82) is 0 Å². The van der Waals surface area contributed by atoms with Crippen LogP contribution in [0.2, 0.25) is 0 Å². The predicted molar refractivity (Wildman–Crippen MR) is 78.2 cm³/mol. The standard InChI is InChI=1S/C12H17N3O4S2/c1-12(2)11(17)14-9(16)7-15(12)21(18,19)10-4-3-8(20-10)5-6-13/h3-4H,5-7,13H2,1-2H3,(H,14,16,17). The quantitative estimate of drug-likeness (QED) is 0.735. The molecule has 0 aliphatic carbocycles. The molecule has 0 atom stereocenters. The van der Waals surface area contributed by atoms with Crippen LogP contribution in [0.1, 0.15) is 18.7 Å². The lowest BCUT2D eigenvalue weighted by Gasteiger charge is -2.38. The summed E-state index contributed by atoms with van der Waals surface area (Å²) in [5.74, 6) is -1.25. The Morgan fingerprint density at radius 1 is 1.38 bits per heavy atom. The topological polar surface area (TPSA) is 110 Å². The van der Waals surface area contributed by atoms with Gasteiger partial charge < -0.3 is 5.73 Å². The molecule has 0 saturated carbocycles. The third-order valence-electron chi connectivity index (χ3n) is 3.29. The third kappa shape index (κ3) is 2.86. The monoisotopic (exact) mass is 331 g/mol. The summed E-state index contributed by atoms with van der Waals surface area (Å²) in [7, 11) is -3.90. The molecule has 116 valence electrons. The largest absolute Gasteiger partial charge is 0.330 e. The minimum Gasteiger partial charge on any atom is -0.330 e. The molecule has 1 aliphatic rings. The van der Waals surface area contributed by atoms with E-state index >= 15 is 0 Å². The molecule has 0 bridgehead atoms. The Morgan fingerprint density at radius 2 is 2.05 bits per heavy atom. The predicted octanol–water partition coefficient (Wildman–Crippen LogP) is -0.325. The van der Waals surface area contributed by atoms with Crippen molar-refractivity contribution in [2.24, 2.45) is 5.73 Å². The molecule has 0 aromatic carbocycles. The maximum absolute atomic E-state index is 12.7. The number of carbonyl (C=O) groups is 2. The van der Waals surface area contributed by atoms with Gasteiger partial charge in [-0.15, -0.1) is 11.3 Å². The molecule has 1 aliphatic heterocycles. The Kier molecular flexibility index (Phi) is 4.20. The zero-order valence-electron chi connectivity index (χ0n) is 11.8. The van der Waals surface area contributed by atoms with Crippen LogP contribution in [0.25, 0.3) is 0 Å². The number of imide groups is 1. The van der Waals surface area contributed by atoms with Gasteiger partial charge in [0.1, 0.15) is 9.75 Å². The number of sulfonamides is 1. The normalized spacial score (nSPS) is 19.6. The first-order valence-electron chi connectivity index (χ1n) is 6.35. The van der Waals surface area contributed by atoms with Gasteiger partial charge in [-0.3, -0.25) is 14.9 Å². The first-order chi connectivity index (χ1) is 9.69. The van der Waals surface area contributed by atoms with Crippen LogP contribution in [0.5, 0.6) is 0 Å². The van der Waals surface area contributed by atoms with Gasteiger partial charge in [-0.25, -0.2) is 8.42 Å². The van der Waals surface area contributed by atoms with E-state index in [2.05, 4.69) is 5.32 Å². The number of nitrogens with one attached hydrogen (secondary N) is 1. The van der Waals surface area contributed by atoms with E-state index in [0.717, 1.165) is 20.5 Å². The molecule has 0 spiro atoms. The summed E-state index contributed by atoms with van der Waals surface area (Å²) in [6.07, 6.45) is 0.586. The smallest absolute Gasteiger partial charge is 0.254 e. The van der Waals surface area contributed by atoms with Gasteiger partial charge in [0.2, 0.25) is 11.8 Å². The summed E-state index contributed by atoms with van der Waals surface area (Å²) in [6, 6.07) is 3.18. The van der Waals surface area contributed by atoms with E-state index in [-0.39, 0.29) is 10.8 Å². The van der Waals surface area contributed by atoms with Crippen LogP contribution in [0.15, 0.2) is 16.3 Å². The van der Waals surface area contributed by atoms with Crippen molar-refractivity contribution in [2.75, 3.05) is 13.1 Å². The average Bonchev–Trinajstić information content (AvgIpc) is 2.84. The highest BCUT2D eigenvalue weighted by atomic mass is 32.2. The maximum Gasteiger partial charge on any atom is 0.254 e. The van der Waals surface area contributed by atoms with E-state index in [9.17, 15) is 18.0 Å². The molecule has 3 N–H and O–H groups in total. The van der Waals surface area contributed by atoms with Gasteiger partial charge in [0.05, 0.1) is 6.54 Å². The van der Waals surface area contributed by atoms with Gasteiger partial charge in [-0.05, 0) is 38.9 Å². The number of hydrogen-bond donors (Lipinski definition) is 2. The molecule has 2 heterocycles. The zero-order chi connectivity index (χ0) is 15.8. The van der Waals surface area contributed by atoms with Gasteiger partial charge >= 0.3 is 0 Å². The van der Waals surface area contributed by atoms with Crippen molar-refractivity contribution in [3.63, 3.8) is 0 Å². The van der Waals surface area contributed by atoms with E-state index in [0.29, 0.717) is 13.0 Å². The Hall–Kier alpha value is -1.29. The Labute approximate surface area is 127 Å². The number of piperazine rings is 1. The second kappa shape index (κ2) is 5.48. The molecule has 1 aromatic heterocycles. The molecule has 2 rings (SSSR count). The third-order valence-corrected chi connectivity index (χ3v) is 6.92. The Morgan fingerprint density at radius 3 is 2.67 bits per heavy atom. The van der Waals surface area contributed by atoms with E-state index < -0.39 is 27.4 Å². The summed E-state index contributed by atoms with van der Waals surface area (Å²) in [6.45, 7) is 3.00. The molecule has 7 nitrogen and oxygen atoms in total. The SMILES string of the molecule is CC1(C)C(=O)NC(=O)CN1S(=O)(=O)c1ccc(CCN)s1. The van der Waals surface area contributed by atoms with Crippen molar-refractivity contribution >= 4 is 33.2 Å². The van der Waals surface area contributed by atoms with E-state index in [4.69, 9.17) is 5.73 Å². The van der Waals surface area contributed by atoms with Crippen LogP contribution in [-0.2, 0) is 26.0 Å². The highest BCUT2D eigenvalue weighted by Gasteiger charge is 2.48. The minimum atomic E-state index is -3.90.